The average molecular weight is 783 g/mol. The minimum Gasteiger partial charge on any atom is -0.497 e. The Morgan fingerprint density at radius 3 is 1.41 bits per heavy atom. The number of nitrogens with zero attached hydrogens (tertiary/aromatic N) is 1. The number of nitrogen functional groups attached to an aromatic ring is 1. The van der Waals surface area contributed by atoms with Gasteiger partial charge in [0.15, 0.2) is 0 Å². The lowest BCUT2D eigenvalue weighted by molar-refractivity contribution is 0.414. The monoisotopic (exact) mass is 782 g/mol. The van der Waals surface area contributed by atoms with Crippen molar-refractivity contribution >= 4 is 40.8 Å². The van der Waals surface area contributed by atoms with Gasteiger partial charge >= 0.3 is 7.12 Å². The zero-order valence-electron chi connectivity index (χ0n) is 31.5. The van der Waals surface area contributed by atoms with Crippen molar-refractivity contribution in [2.75, 3.05) is 34.2 Å². The second-order valence-electron chi connectivity index (χ2n) is 12.7. The van der Waals surface area contributed by atoms with E-state index in [9.17, 15) is 10.0 Å². The molecular formula is C45H43BN2O6S2. The van der Waals surface area contributed by atoms with E-state index in [0.717, 1.165) is 50.9 Å². The van der Waals surface area contributed by atoms with E-state index in [0.29, 0.717) is 10.6 Å². The van der Waals surface area contributed by atoms with Crippen molar-refractivity contribution in [1.82, 2.24) is 4.98 Å². The summed E-state index contributed by atoms with van der Waals surface area (Å²) < 4.78 is 21.7. The van der Waals surface area contributed by atoms with Crippen LogP contribution in [-0.2, 0) is 0 Å². The Balaban J connectivity index is 0.000000194. The van der Waals surface area contributed by atoms with E-state index in [1.54, 1.807) is 46.3 Å². The summed E-state index contributed by atoms with van der Waals surface area (Å²) in [6.45, 7) is 0. The van der Waals surface area contributed by atoms with Gasteiger partial charge in [-0.15, -0.1) is 11.8 Å². The molecule has 0 aliphatic carbocycles. The Labute approximate surface area is 336 Å². The van der Waals surface area contributed by atoms with Gasteiger partial charge in [0, 0.05) is 21.2 Å². The van der Waals surface area contributed by atoms with Crippen LogP contribution in [0.2, 0.25) is 0 Å². The molecule has 0 aliphatic rings. The minimum atomic E-state index is -1.45. The number of ether oxygens (including phenoxy) is 4. The quantitative estimate of drug-likeness (QED) is 0.0780. The lowest BCUT2D eigenvalue weighted by Crippen LogP contribution is -2.26. The Bertz CT molecular complexity index is 2170. The fourth-order valence-corrected chi connectivity index (χ4v) is 8.12. The van der Waals surface area contributed by atoms with Crippen LogP contribution in [0.1, 0.15) is 39.0 Å². The summed E-state index contributed by atoms with van der Waals surface area (Å²) in [5, 5.41) is 21.0. The molecule has 11 heteroatoms. The number of methoxy groups -OCH3 is 4. The normalized spacial score (nSPS) is 10.8. The van der Waals surface area contributed by atoms with Crippen molar-refractivity contribution in [3.05, 3.63) is 179 Å². The number of benzene rings is 5. The van der Waals surface area contributed by atoms with E-state index >= 15 is 0 Å². The number of hydrogen-bond donors (Lipinski definition) is 3. The molecule has 7 rings (SSSR count). The SMILES string of the molecule is COc1ccc(C(Sc2ccc(-c3cccc(N)n3)cc2)c2ccc(OC)cc2)cc1.COc1ccc(C(c2ccc(OC)cc2)c2csc(B(O)O)c2)cc1. The van der Waals surface area contributed by atoms with Crippen LogP contribution in [0.15, 0.2) is 156 Å². The molecule has 0 aliphatic heterocycles. The van der Waals surface area contributed by atoms with Gasteiger partial charge in [0.1, 0.15) is 28.8 Å². The van der Waals surface area contributed by atoms with Gasteiger partial charge in [-0.1, -0.05) is 66.7 Å². The summed E-state index contributed by atoms with van der Waals surface area (Å²) in [6.07, 6.45) is 0. The van der Waals surface area contributed by atoms with Crippen LogP contribution < -0.4 is 29.5 Å². The number of anilines is 1. The lowest BCUT2D eigenvalue weighted by atomic mass is 9.83. The van der Waals surface area contributed by atoms with Crippen molar-refractivity contribution in [2.24, 2.45) is 0 Å². The smallest absolute Gasteiger partial charge is 0.497 e. The number of thioether (sulfide) groups is 1. The predicted octanol–water partition coefficient (Wildman–Crippen LogP) is 8.86. The van der Waals surface area contributed by atoms with Gasteiger partial charge < -0.3 is 34.7 Å². The standard InChI is InChI=1S/C26H24N2O2S.C19H19BO4S/c1-29-21-12-6-19(7-13-21)26(20-8-14-22(30-2)15-9-20)31-23-16-10-18(11-17-23)24-4-3-5-25(27)28-24;1-23-16-7-3-13(4-8-16)19(14-5-9-17(24-2)10-6-14)15-11-18(20(21)22)25-12-15/h3-17,26H,1-2H3,(H2,27,28);3-12,19,21-22H,1-2H3. The fourth-order valence-electron chi connectivity index (χ4n) is 6.16. The number of aromatic nitrogens is 1. The highest BCUT2D eigenvalue weighted by atomic mass is 32.2. The van der Waals surface area contributed by atoms with Crippen molar-refractivity contribution in [2.45, 2.75) is 16.1 Å². The highest BCUT2D eigenvalue weighted by Crippen LogP contribution is 2.42. The zero-order valence-corrected chi connectivity index (χ0v) is 33.2. The van der Waals surface area contributed by atoms with Crippen molar-refractivity contribution in [1.29, 1.82) is 0 Å². The number of nitrogens with two attached hydrogens (primary N) is 1. The van der Waals surface area contributed by atoms with Crippen LogP contribution in [-0.4, -0.2) is 50.6 Å². The van der Waals surface area contributed by atoms with Gasteiger partial charge in [0.25, 0.3) is 0 Å². The van der Waals surface area contributed by atoms with E-state index in [1.807, 2.05) is 96.4 Å². The van der Waals surface area contributed by atoms with Crippen LogP contribution in [0.4, 0.5) is 5.82 Å². The molecule has 0 atom stereocenters. The Hall–Kier alpha value is -5.72. The third kappa shape index (κ3) is 10.1. The molecule has 0 saturated carbocycles. The first-order valence-corrected chi connectivity index (χ1v) is 19.5. The maximum Gasteiger partial charge on any atom is 0.499 e. The van der Waals surface area contributed by atoms with Crippen LogP contribution in [0.25, 0.3) is 11.3 Å². The molecule has 0 fully saturated rings. The molecule has 2 aromatic heterocycles. The van der Waals surface area contributed by atoms with Crippen LogP contribution in [0.3, 0.4) is 0 Å². The van der Waals surface area contributed by atoms with Crippen LogP contribution >= 0.6 is 23.1 Å². The maximum absolute atomic E-state index is 9.43. The zero-order chi connectivity index (χ0) is 39.4. The van der Waals surface area contributed by atoms with Crippen LogP contribution in [0, 0.1) is 0 Å². The Morgan fingerprint density at radius 2 is 1.02 bits per heavy atom. The maximum atomic E-state index is 9.43. The molecule has 0 radical (unpaired) electrons. The number of thiophene rings is 1. The summed E-state index contributed by atoms with van der Waals surface area (Å²) in [5.41, 5.74) is 13.4. The summed E-state index contributed by atoms with van der Waals surface area (Å²) >= 11 is 3.14. The van der Waals surface area contributed by atoms with Gasteiger partial charge in [0.05, 0.1) is 39.4 Å². The third-order valence-corrected chi connectivity index (χ3v) is 11.5. The first-order valence-electron chi connectivity index (χ1n) is 17.8. The lowest BCUT2D eigenvalue weighted by Gasteiger charge is -2.19. The van der Waals surface area contributed by atoms with E-state index in [1.165, 1.54) is 27.4 Å². The van der Waals surface area contributed by atoms with Crippen molar-refractivity contribution in [3.63, 3.8) is 0 Å². The summed E-state index contributed by atoms with van der Waals surface area (Å²) in [7, 11) is 5.20. The van der Waals surface area contributed by atoms with Gasteiger partial charge in [-0.2, -0.15) is 11.3 Å². The molecule has 0 saturated heterocycles. The number of rotatable bonds is 13. The molecule has 56 heavy (non-hydrogen) atoms. The Kier molecular flexibility index (Phi) is 13.7. The molecular weight excluding hydrogens is 739 g/mol. The highest BCUT2D eigenvalue weighted by molar-refractivity contribution is 7.99. The molecule has 5 aromatic carbocycles. The van der Waals surface area contributed by atoms with E-state index in [4.69, 9.17) is 24.7 Å². The van der Waals surface area contributed by atoms with Gasteiger partial charge in [-0.05, 0) is 112 Å². The summed E-state index contributed by atoms with van der Waals surface area (Å²) in [4.78, 5) is 5.58. The summed E-state index contributed by atoms with van der Waals surface area (Å²) in [5.74, 6) is 3.81. The van der Waals surface area contributed by atoms with E-state index < -0.39 is 7.12 Å². The Morgan fingerprint density at radius 1 is 0.571 bits per heavy atom. The highest BCUT2D eigenvalue weighted by Gasteiger charge is 2.22. The molecule has 2 heterocycles. The van der Waals surface area contributed by atoms with Crippen molar-refractivity contribution < 1.29 is 29.0 Å². The second kappa shape index (κ2) is 19.2. The summed E-state index contributed by atoms with van der Waals surface area (Å²) in [6, 6.07) is 48.3. The van der Waals surface area contributed by atoms with Crippen molar-refractivity contribution in [3.8, 4) is 34.3 Å². The molecule has 0 bridgehead atoms. The first kappa shape index (κ1) is 40.0. The molecule has 0 spiro atoms. The molecule has 7 aromatic rings. The number of hydrogen-bond acceptors (Lipinski definition) is 10. The van der Waals surface area contributed by atoms with Crippen LogP contribution in [0.5, 0.6) is 23.0 Å². The fraction of sp³-hybridized carbons (Fsp3) is 0.133. The molecule has 0 amide bonds. The largest absolute Gasteiger partial charge is 0.499 e. The topological polar surface area (TPSA) is 116 Å². The van der Waals surface area contributed by atoms with Gasteiger partial charge in [-0.25, -0.2) is 4.98 Å². The van der Waals surface area contributed by atoms with Gasteiger partial charge in [-0.3, -0.25) is 0 Å². The van der Waals surface area contributed by atoms with Gasteiger partial charge in [0.2, 0.25) is 0 Å². The first-order chi connectivity index (χ1) is 27.3. The molecule has 0 unspecified atom stereocenters. The molecule has 8 nitrogen and oxygen atoms in total. The van der Waals surface area contributed by atoms with E-state index in [2.05, 4.69) is 53.5 Å². The minimum absolute atomic E-state index is 0.0134. The molecule has 284 valence electrons. The van der Waals surface area contributed by atoms with E-state index in [-0.39, 0.29) is 11.2 Å². The number of pyridine rings is 1. The molecule has 4 N–H and O–H groups in total. The average Bonchev–Trinajstić information content (AvgIpc) is 3.74. The predicted molar refractivity (Wildman–Crippen MR) is 229 cm³/mol. The second-order valence-corrected chi connectivity index (χ2v) is 14.8. The third-order valence-electron chi connectivity index (χ3n) is 9.14.